The monoisotopic (exact) mass is 381 g/mol. The molecule has 1 aromatic carbocycles. The first kappa shape index (κ1) is 18.6. The molecule has 0 bridgehead atoms. The molecule has 2 fully saturated rings. The second-order valence-electron chi connectivity index (χ2n) is 7.90. The van der Waals surface area contributed by atoms with Crippen LogP contribution in [0.2, 0.25) is 0 Å². The lowest BCUT2D eigenvalue weighted by Gasteiger charge is -2.36. The van der Waals surface area contributed by atoms with Crippen molar-refractivity contribution in [3.05, 3.63) is 59.7 Å². The highest BCUT2D eigenvalue weighted by Crippen LogP contribution is 2.46. The molecule has 4 rings (SSSR count). The highest BCUT2D eigenvalue weighted by molar-refractivity contribution is 6.00. The van der Waals surface area contributed by atoms with Crippen molar-refractivity contribution in [2.75, 3.05) is 11.4 Å². The van der Waals surface area contributed by atoms with Gasteiger partial charge in [0.15, 0.2) is 0 Å². The molecule has 2 heterocycles. The van der Waals surface area contributed by atoms with Crippen LogP contribution in [0, 0.1) is 18.2 Å². The SMILES string of the molecule is Cc1cccc(C(=O)N[C@H]2CCC[C@@]3(CCN(c4cccc(F)c4)C3=O)C2)n1. The molecule has 2 aliphatic rings. The van der Waals surface area contributed by atoms with Gasteiger partial charge in [-0.3, -0.25) is 9.59 Å². The number of hydrogen-bond donors (Lipinski definition) is 1. The minimum absolute atomic E-state index is 0.0470. The number of aromatic nitrogens is 1. The van der Waals surface area contributed by atoms with Gasteiger partial charge in [0.1, 0.15) is 11.5 Å². The van der Waals surface area contributed by atoms with Gasteiger partial charge in [-0.25, -0.2) is 9.37 Å². The summed E-state index contributed by atoms with van der Waals surface area (Å²) >= 11 is 0. The van der Waals surface area contributed by atoms with E-state index in [-0.39, 0.29) is 23.7 Å². The van der Waals surface area contributed by atoms with E-state index in [1.165, 1.54) is 12.1 Å². The van der Waals surface area contributed by atoms with Crippen LogP contribution in [0.15, 0.2) is 42.5 Å². The summed E-state index contributed by atoms with van der Waals surface area (Å²) in [5.41, 5.74) is 1.34. The molecule has 0 radical (unpaired) electrons. The topological polar surface area (TPSA) is 62.3 Å². The largest absolute Gasteiger partial charge is 0.348 e. The molecular weight excluding hydrogens is 357 g/mol. The van der Waals surface area contributed by atoms with Crippen molar-refractivity contribution in [1.82, 2.24) is 10.3 Å². The molecule has 146 valence electrons. The third-order valence-corrected chi connectivity index (χ3v) is 5.93. The zero-order chi connectivity index (χ0) is 19.7. The lowest BCUT2D eigenvalue weighted by Crippen LogP contribution is -2.46. The number of benzene rings is 1. The van der Waals surface area contributed by atoms with Crippen molar-refractivity contribution < 1.29 is 14.0 Å². The number of nitrogens with one attached hydrogen (secondary N) is 1. The van der Waals surface area contributed by atoms with E-state index in [2.05, 4.69) is 10.3 Å². The van der Waals surface area contributed by atoms with Gasteiger partial charge in [-0.2, -0.15) is 0 Å². The summed E-state index contributed by atoms with van der Waals surface area (Å²) in [5.74, 6) is -0.491. The van der Waals surface area contributed by atoms with Gasteiger partial charge in [-0.15, -0.1) is 0 Å². The minimum Gasteiger partial charge on any atom is -0.348 e. The van der Waals surface area contributed by atoms with Gasteiger partial charge >= 0.3 is 0 Å². The van der Waals surface area contributed by atoms with E-state index in [0.29, 0.717) is 24.3 Å². The fourth-order valence-electron chi connectivity index (χ4n) is 4.55. The molecule has 28 heavy (non-hydrogen) atoms. The standard InChI is InChI=1S/C22H24FN3O2/c1-15-5-2-9-19(24-15)20(27)25-17-7-4-10-22(14-17)11-12-26(21(22)28)18-8-3-6-16(23)13-18/h2-3,5-6,8-9,13,17H,4,7,10-12,14H2,1H3,(H,25,27)/t17-,22+/m0/s1. The number of halogens is 1. The number of carbonyl (C=O) groups is 2. The van der Waals surface area contributed by atoms with Crippen molar-refractivity contribution in [2.45, 2.75) is 45.1 Å². The molecule has 2 aromatic rings. The first-order valence-electron chi connectivity index (χ1n) is 9.79. The lowest BCUT2D eigenvalue weighted by molar-refractivity contribution is -0.127. The molecule has 0 unspecified atom stereocenters. The van der Waals surface area contributed by atoms with Crippen LogP contribution < -0.4 is 10.2 Å². The van der Waals surface area contributed by atoms with Crippen LogP contribution >= 0.6 is 0 Å². The Morgan fingerprint density at radius 3 is 2.86 bits per heavy atom. The van der Waals surface area contributed by atoms with Gasteiger partial charge in [-0.1, -0.05) is 18.6 Å². The summed E-state index contributed by atoms with van der Waals surface area (Å²) in [6.45, 7) is 2.44. The maximum Gasteiger partial charge on any atom is 0.270 e. The molecule has 2 amide bonds. The number of hydrogen-bond acceptors (Lipinski definition) is 3. The van der Waals surface area contributed by atoms with Gasteiger partial charge in [0.2, 0.25) is 5.91 Å². The summed E-state index contributed by atoms with van der Waals surface area (Å²) in [6.07, 6.45) is 3.90. The summed E-state index contributed by atoms with van der Waals surface area (Å²) in [4.78, 5) is 31.8. The van der Waals surface area contributed by atoms with Crippen LogP contribution in [0.4, 0.5) is 10.1 Å². The molecule has 1 aromatic heterocycles. The zero-order valence-electron chi connectivity index (χ0n) is 16.0. The number of carbonyl (C=O) groups excluding carboxylic acids is 2. The minimum atomic E-state index is -0.470. The number of anilines is 1. The third-order valence-electron chi connectivity index (χ3n) is 5.93. The molecule has 6 heteroatoms. The van der Waals surface area contributed by atoms with Gasteiger partial charge in [0.05, 0.1) is 5.41 Å². The van der Waals surface area contributed by atoms with E-state index in [4.69, 9.17) is 0 Å². The van der Waals surface area contributed by atoms with Crippen LogP contribution in [0.5, 0.6) is 0 Å². The molecule has 1 saturated heterocycles. The second kappa shape index (κ2) is 7.34. The number of pyridine rings is 1. The number of rotatable bonds is 3. The molecular formula is C22H24FN3O2. The van der Waals surface area contributed by atoms with Gasteiger partial charge < -0.3 is 10.2 Å². The first-order chi connectivity index (χ1) is 13.5. The number of nitrogens with zero attached hydrogens (tertiary/aromatic N) is 2. The Morgan fingerprint density at radius 2 is 2.07 bits per heavy atom. The summed E-state index contributed by atoms with van der Waals surface area (Å²) in [6, 6.07) is 11.5. The molecule has 5 nitrogen and oxygen atoms in total. The summed E-state index contributed by atoms with van der Waals surface area (Å²) in [5, 5.41) is 3.07. The Labute approximate surface area is 164 Å². The van der Waals surface area contributed by atoms with Crippen molar-refractivity contribution >= 4 is 17.5 Å². The summed E-state index contributed by atoms with van der Waals surface area (Å²) in [7, 11) is 0. The van der Waals surface area contributed by atoms with Crippen molar-refractivity contribution in [3.63, 3.8) is 0 Å². The maximum atomic E-state index is 13.6. The van der Waals surface area contributed by atoms with E-state index in [9.17, 15) is 14.0 Å². The molecule has 1 N–H and O–H groups in total. The van der Waals surface area contributed by atoms with Crippen molar-refractivity contribution in [2.24, 2.45) is 5.41 Å². The predicted octanol–water partition coefficient (Wildman–Crippen LogP) is 3.62. The molecule has 2 atom stereocenters. The van der Waals surface area contributed by atoms with E-state index >= 15 is 0 Å². The Kier molecular flexibility index (Phi) is 4.87. The molecule has 1 aliphatic heterocycles. The maximum absolute atomic E-state index is 13.6. The van der Waals surface area contributed by atoms with Crippen LogP contribution in [0.1, 0.15) is 48.3 Å². The molecule has 1 aliphatic carbocycles. The summed E-state index contributed by atoms with van der Waals surface area (Å²) < 4.78 is 13.6. The van der Waals surface area contributed by atoms with E-state index < -0.39 is 5.41 Å². The van der Waals surface area contributed by atoms with Gasteiger partial charge in [-0.05, 0) is 62.9 Å². The average molecular weight is 381 g/mol. The average Bonchev–Trinajstić information content (AvgIpc) is 2.97. The Bertz CT molecular complexity index is 916. The Hall–Kier alpha value is -2.76. The Balaban J connectivity index is 1.47. The zero-order valence-corrected chi connectivity index (χ0v) is 16.0. The van der Waals surface area contributed by atoms with E-state index in [1.807, 2.05) is 19.1 Å². The van der Waals surface area contributed by atoms with Crippen LogP contribution in [0.3, 0.4) is 0 Å². The van der Waals surface area contributed by atoms with E-state index in [1.54, 1.807) is 23.1 Å². The fraction of sp³-hybridized carbons (Fsp3) is 0.409. The highest BCUT2D eigenvalue weighted by Gasteiger charge is 2.49. The quantitative estimate of drug-likeness (QED) is 0.883. The second-order valence-corrected chi connectivity index (χ2v) is 7.90. The predicted molar refractivity (Wildman–Crippen MR) is 104 cm³/mol. The van der Waals surface area contributed by atoms with Crippen LogP contribution in [-0.4, -0.2) is 29.4 Å². The normalized spacial score (nSPS) is 24.6. The van der Waals surface area contributed by atoms with Crippen molar-refractivity contribution in [1.29, 1.82) is 0 Å². The van der Waals surface area contributed by atoms with Gasteiger partial charge in [0, 0.05) is 24.0 Å². The Morgan fingerprint density at radius 1 is 1.25 bits per heavy atom. The number of aryl methyl sites for hydroxylation is 1. The van der Waals surface area contributed by atoms with Crippen LogP contribution in [-0.2, 0) is 4.79 Å². The number of amides is 2. The molecule has 1 saturated carbocycles. The fourth-order valence-corrected chi connectivity index (χ4v) is 4.55. The molecule has 1 spiro atoms. The van der Waals surface area contributed by atoms with Gasteiger partial charge in [0.25, 0.3) is 5.91 Å². The van der Waals surface area contributed by atoms with E-state index in [0.717, 1.165) is 31.4 Å². The van der Waals surface area contributed by atoms with Crippen LogP contribution in [0.25, 0.3) is 0 Å². The highest BCUT2D eigenvalue weighted by atomic mass is 19.1. The third kappa shape index (κ3) is 3.51. The smallest absolute Gasteiger partial charge is 0.270 e. The van der Waals surface area contributed by atoms with Crippen molar-refractivity contribution in [3.8, 4) is 0 Å². The lowest BCUT2D eigenvalue weighted by atomic mass is 9.71. The first-order valence-corrected chi connectivity index (χ1v) is 9.79.